The Kier molecular flexibility index (Phi) is 5.25. The van der Waals surface area contributed by atoms with Crippen molar-refractivity contribution in [2.24, 2.45) is 0 Å². The molecule has 1 aliphatic rings. The van der Waals surface area contributed by atoms with Crippen LogP contribution in [0.4, 0.5) is 0 Å². The van der Waals surface area contributed by atoms with Gasteiger partial charge in [0.25, 0.3) is 0 Å². The van der Waals surface area contributed by atoms with Crippen molar-refractivity contribution < 1.29 is 17.9 Å². The van der Waals surface area contributed by atoms with Crippen LogP contribution < -0.4 is 4.74 Å². The molecule has 3 rings (SSSR count). The molecule has 0 aliphatic carbocycles. The first-order valence-corrected chi connectivity index (χ1v) is 9.80. The van der Waals surface area contributed by atoms with Crippen LogP contribution >= 0.6 is 0 Å². The second-order valence-corrected chi connectivity index (χ2v) is 7.95. The summed E-state index contributed by atoms with van der Waals surface area (Å²) in [5.41, 5.74) is 1.45. The summed E-state index contributed by atoms with van der Waals surface area (Å²) in [4.78, 5) is 0.559. The Balaban J connectivity index is 2.18. The molecule has 0 spiro atoms. The van der Waals surface area contributed by atoms with E-state index >= 15 is 0 Å². The fourth-order valence-corrected chi connectivity index (χ4v) is 4.67. The van der Waals surface area contributed by atoms with E-state index in [0.717, 1.165) is 18.4 Å². The Labute approximate surface area is 149 Å². The van der Waals surface area contributed by atoms with Gasteiger partial charge >= 0.3 is 0 Å². The van der Waals surface area contributed by atoms with E-state index in [2.05, 4.69) is 0 Å². The SMILES string of the molecule is COc1cccc(/C(=C\C2CCCO2)S(=O)(=O)c2ccccc2)c1C. The second kappa shape index (κ2) is 7.42. The van der Waals surface area contributed by atoms with E-state index in [4.69, 9.17) is 9.47 Å². The summed E-state index contributed by atoms with van der Waals surface area (Å²) in [7, 11) is -2.08. The van der Waals surface area contributed by atoms with Crippen LogP contribution in [-0.4, -0.2) is 28.2 Å². The smallest absolute Gasteiger partial charge is 0.206 e. The van der Waals surface area contributed by atoms with E-state index in [9.17, 15) is 8.42 Å². The van der Waals surface area contributed by atoms with Crippen molar-refractivity contribution in [1.82, 2.24) is 0 Å². The van der Waals surface area contributed by atoms with Gasteiger partial charge in [0, 0.05) is 6.61 Å². The largest absolute Gasteiger partial charge is 0.496 e. The zero-order valence-corrected chi connectivity index (χ0v) is 15.3. The minimum absolute atomic E-state index is 0.181. The third kappa shape index (κ3) is 3.62. The highest BCUT2D eigenvalue weighted by atomic mass is 32.2. The normalized spacial score (nSPS) is 18.3. The quantitative estimate of drug-likeness (QED) is 0.811. The predicted molar refractivity (Wildman–Crippen MR) is 98.3 cm³/mol. The molecule has 0 amide bonds. The van der Waals surface area contributed by atoms with Gasteiger partial charge < -0.3 is 9.47 Å². The standard InChI is InChI=1S/C20H22O4S/c1-15-18(11-6-12-19(15)23-2)20(14-16-8-7-13-24-16)25(21,22)17-9-4-3-5-10-17/h3-6,9-12,14,16H,7-8,13H2,1-2H3/b20-14+. The monoisotopic (exact) mass is 358 g/mol. The molecule has 1 fully saturated rings. The maximum atomic E-state index is 13.3. The highest BCUT2D eigenvalue weighted by molar-refractivity contribution is 8.00. The Morgan fingerprint density at radius 1 is 1.16 bits per heavy atom. The fourth-order valence-electron chi connectivity index (χ4n) is 3.06. The van der Waals surface area contributed by atoms with Crippen molar-refractivity contribution in [2.45, 2.75) is 30.8 Å². The topological polar surface area (TPSA) is 52.6 Å². The van der Waals surface area contributed by atoms with Gasteiger partial charge in [0.05, 0.1) is 23.0 Å². The van der Waals surface area contributed by atoms with Gasteiger partial charge in [-0.05, 0) is 55.2 Å². The first kappa shape index (κ1) is 17.7. The molecule has 0 N–H and O–H groups in total. The zero-order valence-electron chi connectivity index (χ0n) is 14.4. The minimum Gasteiger partial charge on any atom is -0.496 e. The van der Waals surface area contributed by atoms with Crippen molar-refractivity contribution in [2.75, 3.05) is 13.7 Å². The van der Waals surface area contributed by atoms with Crippen molar-refractivity contribution in [1.29, 1.82) is 0 Å². The van der Waals surface area contributed by atoms with Crippen LogP contribution in [0.2, 0.25) is 0 Å². The molecule has 0 aromatic heterocycles. The molecule has 1 unspecified atom stereocenters. The van der Waals surface area contributed by atoms with Gasteiger partial charge in [-0.1, -0.05) is 30.3 Å². The number of rotatable bonds is 5. The molecule has 1 aliphatic heterocycles. The van der Waals surface area contributed by atoms with Gasteiger partial charge in [0.2, 0.25) is 9.84 Å². The third-order valence-corrected chi connectivity index (χ3v) is 6.24. The molecule has 1 atom stereocenters. The average molecular weight is 358 g/mol. The maximum absolute atomic E-state index is 13.3. The van der Waals surface area contributed by atoms with Gasteiger partial charge in [-0.15, -0.1) is 0 Å². The van der Waals surface area contributed by atoms with Gasteiger partial charge in [-0.25, -0.2) is 8.42 Å². The number of hydrogen-bond acceptors (Lipinski definition) is 4. The van der Waals surface area contributed by atoms with Gasteiger partial charge in [-0.2, -0.15) is 0 Å². The predicted octanol–water partition coefficient (Wildman–Crippen LogP) is 4.00. The van der Waals surface area contributed by atoms with E-state index in [0.29, 0.717) is 17.9 Å². The molecule has 25 heavy (non-hydrogen) atoms. The lowest BCUT2D eigenvalue weighted by Crippen LogP contribution is -2.10. The number of hydrogen-bond donors (Lipinski definition) is 0. The van der Waals surface area contributed by atoms with Gasteiger partial charge in [0.1, 0.15) is 5.75 Å². The van der Waals surface area contributed by atoms with Crippen LogP contribution in [0.1, 0.15) is 24.0 Å². The lowest BCUT2D eigenvalue weighted by molar-refractivity contribution is 0.146. The summed E-state index contributed by atoms with van der Waals surface area (Å²) in [6.07, 6.45) is 3.34. The highest BCUT2D eigenvalue weighted by Crippen LogP contribution is 2.34. The summed E-state index contributed by atoms with van der Waals surface area (Å²) < 4.78 is 37.6. The third-order valence-electron chi connectivity index (χ3n) is 4.41. The van der Waals surface area contributed by atoms with E-state index in [1.165, 1.54) is 0 Å². The minimum atomic E-state index is -3.66. The summed E-state index contributed by atoms with van der Waals surface area (Å²) in [6, 6.07) is 14.0. The lowest BCUT2D eigenvalue weighted by atomic mass is 10.1. The van der Waals surface area contributed by atoms with Crippen LogP contribution in [0.25, 0.3) is 4.91 Å². The van der Waals surface area contributed by atoms with Crippen LogP contribution in [-0.2, 0) is 14.6 Å². The fraction of sp³-hybridized carbons (Fsp3) is 0.300. The molecule has 5 heteroatoms. The summed E-state index contributed by atoms with van der Waals surface area (Å²) in [5.74, 6) is 0.666. The van der Waals surface area contributed by atoms with Gasteiger partial charge in [0.15, 0.2) is 0 Å². The molecule has 1 heterocycles. The van der Waals surface area contributed by atoms with E-state index in [-0.39, 0.29) is 15.9 Å². The average Bonchev–Trinajstić information content (AvgIpc) is 3.14. The van der Waals surface area contributed by atoms with Crippen molar-refractivity contribution in [3.8, 4) is 5.75 Å². The number of ether oxygens (including phenoxy) is 2. The van der Waals surface area contributed by atoms with Crippen LogP contribution in [0.15, 0.2) is 59.5 Å². The zero-order chi connectivity index (χ0) is 17.9. The maximum Gasteiger partial charge on any atom is 0.206 e. The van der Waals surface area contributed by atoms with E-state index < -0.39 is 9.84 Å². The molecule has 4 nitrogen and oxygen atoms in total. The Morgan fingerprint density at radius 2 is 1.92 bits per heavy atom. The highest BCUT2D eigenvalue weighted by Gasteiger charge is 2.26. The Hall–Kier alpha value is -2.11. The Bertz CT molecular complexity index is 864. The number of benzene rings is 2. The second-order valence-electron chi connectivity index (χ2n) is 6.03. The molecule has 2 aromatic rings. The van der Waals surface area contributed by atoms with Crippen LogP contribution in [0.5, 0.6) is 5.75 Å². The molecule has 0 bridgehead atoms. The molecule has 1 saturated heterocycles. The van der Waals surface area contributed by atoms with Crippen molar-refractivity contribution in [3.05, 3.63) is 65.7 Å². The van der Waals surface area contributed by atoms with Crippen LogP contribution in [0.3, 0.4) is 0 Å². The van der Waals surface area contributed by atoms with Crippen molar-refractivity contribution >= 4 is 14.7 Å². The Morgan fingerprint density at radius 3 is 2.56 bits per heavy atom. The first-order chi connectivity index (χ1) is 12.0. The molecular formula is C20H22O4S. The molecule has 2 aromatic carbocycles. The number of sulfone groups is 1. The molecule has 0 saturated carbocycles. The van der Waals surface area contributed by atoms with E-state index in [1.54, 1.807) is 43.5 Å². The van der Waals surface area contributed by atoms with Gasteiger partial charge in [-0.3, -0.25) is 0 Å². The summed E-state index contributed by atoms with van der Waals surface area (Å²) >= 11 is 0. The number of methoxy groups -OCH3 is 1. The first-order valence-electron chi connectivity index (χ1n) is 8.31. The summed E-state index contributed by atoms with van der Waals surface area (Å²) in [6.45, 7) is 2.54. The van der Waals surface area contributed by atoms with E-state index in [1.807, 2.05) is 25.1 Å². The lowest BCUT2D eigenvalue weighted by Gasteiger charge is -2.16. The van der Waals surface area contributed by atoms with Crippen LogP contribution in [0, 0.1) is 6.92 Å². The molecule has 0 radical (unpaired) electrons. The molecular weight excluding hydrogens is 336 g/mol. The van der Waals surface area contributed by atoms with Crippen molar-refractivity contribution in [3.63, 3.8) is 0 Å². The molecule has 132 valence electrons. The summed E-state index contributed by atoms with van der Waals surface area (Å²) in [5, 5.41) is 0.